The topological polar surface area (TPSA) is 63.6 Å². The molecule has 0 atom stereocenters. The van der Waals surface area contributed by atoms with Crippen LogP contribution in [0.1, 0.15) is 20.7 Å². The molecule has 0 radical (unpaired) electrons. The molecule has 0 aliphatic heterocycles. The summed E-state index contributed by atoms with van der Waals surface area (Å²) in [6.07, 6.45) is 0. The number of carboxylic acid groups (broad SMARTS) is 1. The lowest BCUT2D eigenvalue weighted by Crippen LogP contribution is -2.08. The third kappa shape index (κ3) is 3.35. The molecule has 4 nitrogen and oxygen atoms in total. The predicted octanol–water partition coefficient (Wildman–Crippen LogP) is 3.25. The van der Waals surface area contributed by atoms with Crippen molar-refractivity contribution in [2.75, 3.05) is 0 Å². The lowest BCUT2D eigenvalue weighted by molar-refractivity contribution is 0.0676. The summed E-state index contributed by atoms with van der Waals surface area (Å²) in [6.45, 7) is 0. The van der Waals surface area contributed by atoms with Crippen LogP contribution in [0.2, 0.25) is 0 Å². The summed E-state index contributed by atoms with van der Waals surface area (Å²) in [6, 6.07) is 15.0. The van der Waals surface area contributed by atoms with E-state index in [4.69, 9.17) is 9.29 Å². The van der Waals surface area contributed by atoms with E-state index in [1.165, 1.54) is 12.1 Å². The maximum atomic E-state index is 11.8. The molecule has 5 heteroatoms. The predicted molar refractivity (Wildman–Crippen MR) is 71.1 cm³/mol. The van der Waals surface area contributed by atoms with Gasteiger partial charge in [0.05, 0.1) is 23.2 Å². The largest absolute Gasteiger partial charge is 0.478 e. The average molecular weight is 274 g/mol. The first kappa shape index (κ1) is 13.2. The first-order valence-electron chi connectivity index (χ1n) is 5.44. The molecule has 2 aromatic rings. The summed E-state index contributed by atoms with van der Waals surface area (Å²) < 4.78 is 5.02. The second-order valence-corrected chi connectivity index (χ2v) is 4.42. The average Bonchev–Trinajstić information content (AvgIpc) is 2.46. The molecule has 0 unspecified atom stereocenters. The first-order valence-corrected chi connectivity index (χ1v) is 6.19. The van der Waals surface area contributed by atoms with Crippen molar-refractivity contribution in [1.29, 1.82) is 0 Å². The number of rotatable bonds is 4. The van der Waals surface area contributed by atoms with Crippen LogP contribution in [0.25, 0.3) is 0 Å². The maximum Gasteiger partial charge on any atom is 0.351 e. The van der Waals surface area contributed by atoms with Crippen LogP contribution in [0, 0.1) is 0 Å². The van der Waals surface area contributed by atoms with Crippen LogP contribution < -0.4 is 0 Å². The molecule has 0 saturated carbocycles. The van der Waals surface area contributed by atoms with E-state index in [-0.39, 0.29) is 11.1 Å². The number of hydrogen-bond donors (Lipinski definition) is 1. The highest BCUT2D eigenvalue weighted by Gasteiger charge is 2.17. The fourth-order valence-corrected chi connectivity index (χ4v) is 1.98. The highest BCUT2D eigenvalue weighted by atomic mass is 32.2. The summed E-state index contributed by atoms with van der Waals surface area (Å²) in [5, 5.41) is 8.99. The number of carbonyl (C=O) groups excluding carboxylic acids is 1. The van der Waals surface area contributed by atoms with Crippen LogP contribution in [-0.2, 0) is 4.18 Å². The summed E-state index contributed by atoms with van der Waals surface area (Å²) in [7, 11) is 0. The van der Waals surface area contributed by atoms with Crippen LogP contribution >= 0.6 is 12.0 Å². The second-order valence-electron chi connectivity index (χ2n) is 3.62. The minimum Gasteiger partial charge on any atom is -0.478 e. The lowest BCUT2D eigenvalue weighted by Gasteiger charge is -2.05. The van der Waals surface area contributed by atoms with Gasteiger partial charge in [0.25, 0.3) is 0 Å². The van der Waals surface area contributed by atoms with Gasteiger partial charge in [0.1, 0.15) is 0 Å². The number of aromatic carboxylic acids is 1. The van der Waals surface area contributed by atoms with Crippen molar-refractivity contribution in [2.24, 2.45) is 0 Å². The summed E-state index contributed by atoms with van der Waals surface area (Å²) in [5.41, 5.74) is -0.0282. The first-order chi connectivity index (χ1) is 9.18. The molecule has 19 heavy (non-hydrogen) atoms. The molecule has 2 rings (SSSR count). The highest BCUT2D eigenvalue weighted by molar-refractivity contribution is 7.95. The second kappa shape index (κ2) is 6.06. The van der Waals surface area contributed by atoms with Gasteiger partial charge in [-0.3, -0.25) is 0 Å². The Morgan fingerprint density at radius 3 is 2.11 bits per heavy atom. The molecule has 0 saturated heterocycles. The molecule has 0 aliphatic rings. The third-order valence-electron chi connectivity index (χ3n) is 2.33. The summed E-state index contributed by atoms with van der Waals surface area (Å²) in [4.78, 5) is 23.6. The standard InChI is InChI=1S/C14H10O4S/c15-13(16)11-8-4-5-9-12(11)14(17)18-19-10-6-2-1-3-7-10/h1-9H,(H,15,16). The number of benzene rings is 2. The molecule has 0 amide bonds. The Bertz CT molecular complexity index is 595. The van der Waals surface area contributed by atoms with Gasteiger partial charge in [-0.25, -0.2) is 9.59 Å². The zero-order valence-electron chi connectivity index (χ0n) is 9.78. The van der Waals surface area contributed by atoms with Crippen LogP contribution in [-0.4, -0.2) is 17.0 Å². The molecule has 0 aromatic heterocycles. The molecule has 0 heterocycles. The normalized spacial score (nSPS) is 9.89. The SMILES string of the molecule is O=C(O)c1ccccc1C(=O)OSc1ccccc1. The fraction of sp³-hybridized carbons (Fsp3) is 0. The minimum absolute atomic E-state index is 0.0402. The van der Waals surface area contributed by atoms with Crippen molar-refractivity contribution in [2.45, 2.75) is 4.90 Å². The maximum absolute atomic E-state index is 11.8. The summed E-state index contributed by atoms with van der Waals surface area (Å²) >= 11 is 0.901. The summed E-state index contributed by atoms with van der Waals surface area (Å²) in [5.74, 6) is -1.83. The molecule has 0 bridgehead atoms. The van der Waals surface area contributed by atoms with Gasteiger partial charge in [-0.2, -0.15) is 0 Å². The van der Waals surface area contributed by atoms with Crippen molar-refractivity contribution in [1.82, 2.24) is 0 Å². The molecule has 2 aromatic carbocycles. The number of carboxylic acids is 1. The van der Waals surface area contributed by atoms with E-state index in [1.807, 2.05) is 18.2 Å². The smallest absolute Gasteiger partial charge is 0.351 e. The number of carbonyl (C=O) groups is 2. The molecular weight excluding hydrogens is 264 g/mol. The van der Waals surface area contributed by atoms with Gasteiger partial charge >= 0.3 is 11.9 Å². The van der Waals surface area contributed by atoms with Gasteiger partial charge in [0.2, 0.25) is 0 Å². The Morgan fingerprint density at radius 2 is 1.47 bits per heavy atom. The van der Waals surface area contributed by atoms with Crippen LogP contribution in [0.4, 0.5) is 0 Å². The van der Waals surface area contributed by atoms with Crippen LogP contribution in [0.5, 0.6) is 0 Å². The van der Waals surface area contributed by atoms with Crippen molar-refractivity contribution < 1.29 is 18.9 Å². The fourth-order valence-electron chi connectivity index (χ4n) is 1.45. The van der Waals surface area contributed by atoms with Crippen LogP contribution in [0.3, 0.4) is 0 Å². The Hall–Kier alpha value is -2.27. The molecule has 96 valence electrons. The monoisotopic (exact) mass is 274 g/mol. The van der Waals surface area contributed by atoms with Crippen molar-refractivity contribution in [3.05, 3.63) is 65.7 Å². The third-order valence-corrected chi connectivity index (χ3v) is 3.03. The van der Waals surface area contributed by atoms with Gasteiger partial charge in [0.15, 0.2) is 0 Å². The Labute approximate surface area is 114 Å². The molecule has 0 spiro atoms. The van der Waals surface area contributed by atoms with E-state index in [9.17, 15) is 9.59 Å². The molecule has 0 aliphatic carbocycles. The van der Waals surface area contributed by atoms with E-state index in [0.717, 1.165) is 16.9 Å². The Balaban J connectivity index is 2.10. The van der Waals surface area contributed by atoms with E-state index in [1.54, 1.807) is 24.3 Å². The zero-order chi connectivity index (χ0) is 13.7. The molecule has 1 N–H and O–H groups in total. The van der Waals surface area contributed by atoms with Crippen molar-refractivity contribution in [3.63, 3.8) is 0 Å². The number of hydrogen-bond acceptors (Lipinski definition) is 4. The van der Waals surface area contributed by atoms with Gasteiger partial charge in [-0.1, -0.05) is 30.3 Å². The van der Waals surface area contributed by atoms with Crippen LogP contribution in [0.15, 0.2) is 59.5 Å². The Morgan fingerprint density at radius 1 is 0.895 bits per heavy atom. The van der Waals surface area contributed by atoms with E-state index in [0.29, 0.717) is 0 Å². The van der Waals surface area contributed by atoms with Gasteiger partial charge in [-0.05, 0) is 24.3 Å². The lowest BCUT2D eigenvalue weighted by atomic mass is 10.1. The van der Waals surface area contributed by atoms with E-state index >= 15 is 0 Å². The van der Waals surface area contributed by atoms with Crippen molar-refractivity contribution in [3.8, 4) is 0 Å². The highest BCUT2D eigenvalue weighted by Crippen LogP contribution is 2.21. The quantitative estimate of drug-likeness (QED) is 0.867. The van der Waals surface area contributed by atoms with Gasteiger partial charge in [-0.15, -0.1) is 0 Å². The minimum atomic E-state index is -1.16. The van der Waals surface area contributed by atoms with E-state index < -0.39 is 11.9 Å². The van der Waals surface area contributed by atoms with E-state index in [2.05, 4.69) is 0 Å². The van der Waals surface area contributed by atoms with Crippen molar-refractivity contribution >= 4 is 24.0 Å². The molecular formula is C14H10O4S. The molecule has 0 fully saturated rings. The Kier molecular flexibility index (Phi) is 4.20. The van der Waals surface area contributed by atoms with Gasteiger partial charge in [0, 0.05) is 4.90 Å². The van der Waals surface area contributed by atoms with Gasteiger partial charge < -0.3 is 9.29 Å². The zero-order valence-corrected chi connectivity index (χ0v) is 10.6.